The van der Waals surface area contributed by atoms with Crippen molar-refractivity contribution in [3.8, 4) is 0 Å². The van der Waals surface area contributed by atoms with Gasteiger partial charge in [0.1, 0.15) is 0 Å². The molecule has 0 aromatic carbocycles. The molecule has 1 aliphatic rings. The van der Waals surface area contributed by atoms with Gasteiger partial charge in [0.15, 0.2) is 0 Å². The molecule has 1 saturated heterocycles. The zero-order valence-corrected chi connectivity index (χ0v) is 11.4. The quantitative estimate of drug-likeness (QED) is 0.839. The van der Waals surface area contributed by atoms with Crippen molar-refractivity contribution < 1.29 is 4.74 Å². The lowest BCUT2D eigenvalue weighted by Crippen LogP contribution is -2.44. The van der Waals surface area contributed by atoms with Gasteiger partial charge in [0.05, 0.1) is 6.10 Å². The number of pyridine rings is 1. The van der Waals surface area contributed by atoms with Crippen LogP contribution in [0.4, 0.5) is 0 Å². The Bertz CT molecular complexity index is 342. The second-order valence-electron chi connectivity index (χ2n) is 5.23. The molecule has 2 heterocycles. The monoisotopic (exact) mass is 248 g/mol. The molecule has 2 rings (SSSR count). The second-order valence-corrected chi connectivity index (χ2v) is 5.23. The van der Waals surface area contributed by atoms with Gasteiger partial charge in [-0.05, 0) is 43.4 Å². The molecule has 100 valence electrons. The van der Waals surface area contributed by atoms with Crippen molar-refractivity contribution in [1.82, 2.24) is 10.3 Å². The van der Waals surface area contributed by atoms with Crippen molar-refractivity contribution in [2.45, 2.75) is 45.3 Å². The molecular weight excluding hydrogens is 224 g/mol. The van der Waals surface area contributed by atoms with Crippen molar-refractivity contribution in [2.24, 2.45) is 5.92 Å². The topological polar surface area (TPSA) is 34.2 Å². The van der Waals surface area contributed by atoms with Gasteiger partial charge in [0.25, 0.3) is 0 Å². The zero-order chi connectivity index (χ0) is 12.8. The molecule has 1 aliphatic heterocycles. The molecule has 1 fully saturated rings. The fourth-order valence-electron chi connectivity index (χ4n) is 2.64. The summed E-state index contributed by atoms with van der Waals surface area (Å²) in [5.74, 6) is 0.649. The predicted octanol–water partition coefficient (Wildman–Crippen LogP) is 2.42. The van der Waals surface area contributed by atoms with E-state index >= 15 is 0 Å². The molecule has 0 bridgehead atoms. The first-order valence-corrected chi connectivity index (χ1v) is 7.05. The number of hydrogen-bond donors (Lipinski definition) is 1. The van der Waals surface area contributed by atoms with Crippen LogP contribution in [-0.4, -0.2) is 30.3 Å². The van der Waals surface area contributed by atoms with Gasteiger partial charge in [-0.1, -0.05) is 19.9 Å². The minimum atomic E-state index is 0.344. The molecule has 3 nitrogen and oxygen atoms in total. The van der Waals surface area contributed by atoms with Gasteiger partial charge in [-0.15, -0.1) is 0 Å². The molecule has 18 heavy (non-hydrogen) atoms. The molecule has 0 aliphatic carbocycles. The summed E-state index contributed by atoms with van der Waals surface area (Å²) in [5.41, 5.74) is 1.29. The van der Waals surface area contributed by atoms with Crippen molar-refractivity contribution in [2.75, 3.05) is 13.2 Å². The van der Waals surface area contributed by atoms with E-state index in [0.717, 1.165) is 26.0 Å². The van der Waals surface area contributed by atoms with Crippen LogP contribution in [0.15, 0.2) is 24.5 Å². The summed E-state index contributed by atoms with van der Waals surface area (Å²) in [6.45, 7) is 6.45. The Hall–Kier alpha value is -0.930. The third-order valence-corrected chi connectivity index (χ3v) is 3.68. The number of aromatic nitrogens is 1. The third kappa shape index (κ3) is 3.53. The summed E-state index contributed by atoms with van der Waals surface area (Å²) in [5, 5.41) is 3.64. The first kappa shape index (κ1) is 13.5. The molecule has 0 radical (unpaired) electrons. The van der Waals surface area contributed by atoms with E-state index in [-0.39, 0.29) is 0 Å². The van der Waals surface area contributed by atoms with E-state index < -0.39 is 0 Å². The molecule has 1 N–H and O–H groups in total. The third-order valence-electron chi connectivity index (χ3n) is 3.68. The van der Waals surface area contributed by atoms with E-state index in [0.29, 0.717) is 18.1 Å². The summed E-state index contributed by atoms with van der Waals surface area (Å²) < 4.78 is 5.91. The second kappa shape index (κ2) is 6.86. The minimum Gasteiger partial charge on any atom is -0.376 e. The maximum absolute atomic E-state index is 5.91. The predicted molar refractivity (Wildman–Crippen MR) is 73.5 cm³/mol. The smallest absolute Gasteiger partial charge is 0.0757 e. The molecular formula is C15H24N2O. The Morgan fingerprint density at radius 1 is 1.56 bits per heavy atom. The Balaban J connectivity index is 2.00. The largest absolute Gasteiger partial charge is 0.376 e. The Labute approximate surface area is 110 Å². The maximum Gasteiger partial charge on any atom is 0.0757 e. The maximum atomic E-state index is 5.91. The van der Waals surface area contributed by atoms with Crippen LogP contribution in [0.3, 0.4) is 0 Å². The normalized spacial score (nSPS) is 25.2. The summed E-state index contributed by atoms with van der Waals surface area (Å²) in [6, 6.07) is 4.56. The number of nitrogens with one attached hydrogen (secondary N) is 1. The molecule has 0 amide bonds. The molecule has 3 heteroatoms. The molecule has 1 aromatic heterocycles. The first-order valence-electron chi connectivity index (χ1n) is 7.05. The van der Waals surface area contributed by atoms with Crippen LogP contribution in [0.1, 0.15) is 32.3 Å². The molecule has 1 aromatic rings. The van der Waals surface area contributed by atoms with E-state index in [4.69, 9.17) is 4.74 Å². The molecule has 3 atom stereocenters. The van der Waals surface area contributed by atoms with Crippen molar-refractivity contribution in [3.05, 3.63) is 30.1 Å². The van der Waals surface area contributed by atoms with Crippen LogP contribution in [0, 0.1) is 5.92 Å². The van der Waals surface area contributed by atoms with Gasteiger partial charge >= 0.3 is 0 Å². The average Bonchev–Trinajstić information content (AvgIpc) is 2.82. The minimum absolute atomic E-state index is 0.344. The zero-order valence-electron chi connectivity index (χ0n) is 11.4. The van der Waals surface area contributed by atoms with Crippen LogP contribution < -0.4 is 5.32 Å². The molecule has 0 spiro atoms. The SMILES string of the molecule is CCCNC(Cc1cccnc1)C1OCCC1C. The summed E-state index contributed by atoms with van der Waals surface area (Å²) in [7, 11) is 0. The summed E-state index contributed by atoms with van der Waals surface area (Å²) in [4.78, 5) is 4.20. The van der Waals surface area contributed by atoms with Crippen molar-refractivity contribution in [1.29, 1.82) is 0 Å². The highest BCUT2D eigenvalue weighted by atomic mass is 16.5. The fourth-order valence-corrected chi connectivity index (χ4v) is 2.64. The van der Waals surface area contributed by atoms with Gasteiger partial charge < -0.3 is 10.1 Å². The lowest BCUT2D eigenvalue weighted by Gasteiger charge is -2.27. The van der Waals surface area contributed by atoms with Crippen LogP contribution in [0.25, 0.3) is 0 Å². The average molecular weight is 248 g/mol. The van der Waals surface area contributed by atoms with E-state index in [1.54, 1.807) is 0 Å². The Morgan fingerprint density at radius 2 is 2.44 bits per heavy atom. The van der Waals surface area contributed by atoms with Crippen molar-refractivity contribution >= 4 is 0 Å². The van der Waals surface area contributed by atoms with Gasteiger partial charge in [-0.25, -0.2) is 0 Å². The Morgan fingerprint density at radius 3 is 3.06 bits per heavy atom. The van der Waals surface area contributed by atoms with Crippen molar-refractivity contribution in [3.63, 3.8) is 0 Å². The number of ether oxygens (including phenoxy) is 1. The van der Waals surface area contributed by atoms with Crippen LogP contribution in [-0.2, 0) is 11.2 Å². The summed E-state index contributed by atoms with van der Waals surface area (Å²) in [6.07, 6.45) is 7.47. The highest BCUT2D eigenvalue weighted by molar-refractivity contribution is 5.11. The summed E-state index contributed by atoms with van der Waals surface area (Å²) >= 11 is 0. The fraction of sp³-hybridized carbons (Fsp3) is 0.667. The van der Waals surface area contributed by atoms with Gasteiger partial charge in [0, 0.05) is 25.0 Å². The van der Waals surface area contributed by atoms with Gasteiger partial charge in [-0.3, -0.25) is 4.98 Å². The van der Waals surface area contributed by atoms with Gasteiger partial charge in [-0.2, -0.15) is 0 Å². The molecule has 0 saturated carbocycles. The molecule has 3 unspecified atom stereocenters. The van der Waals surface area contributed by atoms with Crippen LogP contribution in [0.5, 0.6) is 0 Å². The first-order chi connectivity index (χ1) is 8.81. The van der Waals surface area contributed by atoms with E-state index in [1.807, 2.05) is 18.5 Å². The number of hydrogen-bond acceptors (Lipinski definition) is 3. The van der Waals surface area contributed by atoms with E-state index in [2.05, 4.69) is 30.2 Å². The van der Waals surface area contributed by atoms with E-state index in [9.17, 15) is 0 Å². The number of rotatable bonds is 6. The highest BCUT2D eigenvalue weighted by Crippen LogP contribution is 2.24. The number of nitrogens with zero attached hydrogens (tertiary/aromatic N) is 1. The Kier molecular flexibility index (Phi) is 5.14. The standard InChI is InChI=1S/C15H24N2O/c1-3-7-17-14(15-12(2)6-9-18-15)10-13-5-4-8-16-11-13/h4-5,8,11-12,14-15,17H,3,6-7,9-10H2,1-2H3. The van der Waals surface area contributed by atoms with E-state index in [1.165, 1.54) is 12.0 Å². The lowest BCUT2D eigenvalue weighted by atomic mass is 9.93. The lowest BCUT2D eigenvalue weighted by molar-refractivity contribution is 0.0610. The van der Waals surface area contributed by atoms with Gasteiger partial charge in [0.2, 0.25) is 0 Å². The van der Waals surface area contributed by atoms with Crippen LogP contribution in [0.2, 0.25) is 0 Å². The highest BCUT2D eigenvalue weighted by Gasteiger charge is 2.31. The van der Waals surface area contributed by atoms with Crippen LogP contribution >= 0.6 is 0 Å².